The number of carbonyl (C=O) groups excluding carboxylic acids is 2. The van der Waals surface area contributed by atoms with Crippen LogP contribution in [0.25, 0.3) is 0 Å². The zero-order valence-corrected chi connectivity index (χ0v) is 25.2. The first-order chi connectivity index (χ1) is 21.3. The van der Waals surface area contributed by atoms with E-state index in [1.807, 2.05) is 65.4 Å². The average molecular weight is 622 g/mol. The summed E-state index contributed by atoms with van der Waals surface area (Å²) in [6.07, 6.45) is 5.13. The molecule has 3 aromatic carbocycles. The summed E-state index contributed by atoms with van der Waals surface area (Å²) in [5.74, 6) is -0.898. The third-order valence-corrected chi connectivity index (χ3v) is 10.2. The topological polar surface area (TPSA) is 105 Å². The average Bonchev–Trinajstić information content (AvgIpc) is 3.28. The van der Waals surface area contributed by atoms with E-state index in [4.69, 9.17) is 9.47 Å². The van der Waals surface area contributed by atoms with Crippen molar-refractivity contribution in [2.75, 3.05) is 17.4 Å². The molecule has 1 N–H and O–H groups in total. The number of hydrogen-bond acceptors (Lipinski definition) is 6. The maximum atomic E-state index is 16.6. The van der Waals surface area contributed by atoms with E-state index in [9.17, 15) is 18.0 Å². The van der Waals surface area contributed by atoms with Gasteiger partial charge in [0.05, 0.1) is 0 Å². The van der Waals surface area contributed by atoms with E-state index in [0.717, 1.165) is 34.7 Å². The standard InChI is InChI=1S/C33H36FN3O6S/c34-31-28-19-27(36(17-16-23-12-7-13-23)33(39)43-22-25-10-5-2-6-11-25)15-14-26(28)18-29(42-21-24-8-3-1-4-9-24)32(31)37-20-30(38)35-44(37,40)41/h1-6,8-11,18,23,27H,7,12-17,19-22H2,(H,35,38)/t27-/m1/s1. The van der Waals surface area contributed by atoms with Crippen molar-refractivity contribution in [3.8, 4) is 5.75 Å². The molecule has 0 bridgehead atoms. The number of benzene rings is 3. The third-order valence-electron chi connectivity index (χ3n) is 8.78. The van der Waals surface area contributed by atoms with Gasteiger partial charge in [-0.15, -0.1) is 0 Å². The molecule has 6 rings (SSSR count). The molecule has 11 heteroatoms. The van der Waals surface area contributed by atoms with Gasteiger partial charge in [0, 0.05) is 12.6 Å². The predicted molar refractivity (Wildman–Crippen MR) is 163 cm³/mol. The Morgan fingerprint density at radius 2 is 1.68 bits per heavy atom. The summed E-state index contributed by atoms with van der Waals surface area (Å²) in [4.78, 5) is 27.3. The normalized spacial score (nSPS) is 19.1. The molecule has 1 saturated carbocycles. The number of anilines is 1. The van der Waals surface area contributed by atoms with Gasteiger partial charge in [0.15, 0.2) is 5.82 Å². The highest BCUT2D eigenvalue weighted by Gasteiger charge is 2.40. The predicted octanol–water partition coefficient (Wildman–Crippen LogP) is 5.27. The molecule has 44 heavy (non-hydrogen) atoms. The molecule has 1 heterocycles. The number of rotatable bonds is 10. The molecule has 1 atom stereocenters. The molecule has 0 spiro atoms. The molecule has 1 saturated heterocycles. The van der Waals surface area contributed by atoms with Crippen LogP contribution in [0, 0.1) is 11.7 Å². The zero-order chi connectivity index (χ0) is 30.7. The van der Waals surface area contributed by atoms with E-state index in [1.54, 1.807) is 11.0 Å². The highest BCUT2D eigenvalue weighted by atomic mass is 32.2. The Morgan fingerprint density at radius 3 is 2.30 bits per heavy atom. The van der Waals surface area contributed by atoms with Gasteiger partial charge in [-0.3, -0.25) is 4.79 Å². The van der Waals surface area contributed by atoms with Crippen LogP contribution < -0.4 is 13.8 Å². The zero-order valence-electron chi connectivity index (χ0n) is 24.4. The highest BCUT2D eigenvalue weighted by Crippen LogP contribution is 2.41. The second-order valence-corrected chi connectivity index (χ2v) is 13.3. The molecule has 2 aliphatic carbocycles. The van der Waals surface area contributed by atoms with E-state index in [0.29, 0.717) is 36.4 Å². The summed E-state index contributed by atoms with van der Waals surface area (Å²) >= 11 is 0. The molecule has 2 amide bonds. The monoisotopic (exact) mass is 621 g/mol. The van der Waals surface area contributed by atoms with Gasteiger partial charge in [0.1, 0.15) is 31.2 Å². The number of nitrogens with one attached hydrogen (secondary N) is 1. The van der Waals surface area contributed by atoms with E-state index >= 15 is 4.39 Å². The number of hydrogen-bond donors (Lipinski definition) is 1. The SMILES string of the molecule is O=C1CN(c2c(OCc3ccccc3)cc3c(c2F)C[C@H](N(CCC2CCC2)C(=O)OCc2ccccc2)CC3)S(=O)(=O)N1. The van der Waals surface area contributed by atoms with Gasteiger partial charge in [-0.25, -0.2) is 18.2 Å². The van der Waals surface area contributed by atoms with Crippen molar-refractivity contribution < 1.29 is 31.9 Å². The van der Waals surface area contributed by atoms with Crippen molar-refractivity contribution >= 4 is 27.9 Å². The molecular formula is C33H36FN3O6S. The highest BCUT2D eigenvalue weighted by molar-refractivity contribution is 7.92. The molecule has 0 radical (unpaired) electrons. The van der Waals surface area contributed by atoms with Crippen LogP contribution in [-0.4, -0.2) is 44.4 Å². The molecule has 2 fully saturated rings. The first-order valence-corrected chi connectivity index (χ1v) is 16.5. The first-order valence-electron chi connectivity index (χ1n) is 15.1. The third kappa shape index (κ3) is 6.52. The van der Waals surface area contributed by atoms with Gasteiger partial charge in [0.2, 0.25) is 0 Å². The van der Waals surface area contributed by atoms with E-state index < -0.39 is 34.6 Å². The van der Waals surface area contributed by atoms with Crippen LogP contribution in [0.3, 0.4) is 0 Å². The van der Waals surface area contributed by atoms with Crippen molar-refractivity contribution in [1.82, 2.24) is 9.62 Å². The summed E-state index contributed by atoms with van der Waals surface area (Å²) in [5.41, 5.74) is 2.42. The van der Waals surface area contributed by atoms with Crippen LogP contribution in [0.5, 0.6) is 5.75 Å². The van der Waals surface area contributed by atoms with Crippen molar-refractivity contribution in [1.29, 1.82) is 0 Å². The number of amides is 2. The van der Waals surface area contributed by atoms with Gasteiger partial charge in [-0.05, 0) is 59.9 Å². The lowest BCUT2D eigenvalue weighted by atomic mass is 9.82. The smallest absolute Gasteiger partial charge is 0.410 e. The minimum Gasteiger partial charge on any atom is -0.487 e. The Morgan fingerprint density at radius 1 is 1.00 bits per heavy atom. The largest absolute Gasteiger partial charge is 0.487 e. The molecular weight excluding hydrogens is 585 g/mol. The number of halogens is 1. The minimum absolute atomic E-state index is 0.0488. The van der Waals surface area contributed by atoms with Gasteiger partial charge in [0.25, 0.3) is 5.91 Å². The Hall–Kier alpha value is -4.12. The number of aryl methyl sites for hydroxylation is 1. The second kappa shape index (κ2) is 12.9. The van der Waals surface area contributed by atoms with Gasteiger partial charge >= 0.3 is 16.3 Å². The summed E-state index contributed by atoms with van der Waals surface area (Å²) in [7, 11) is -4.31. The Bertz CT molecular complexity index is 1620. The number of nitrogens with zero attached hydrogens (tertiary/aromatic N) is 2. The van der Waals surface area contributed by atoms with Crippen molar-refractivity contribution in [2.24, 2.45) is 5.92 Å². The number of carbonyl (C=O) groups is 2. The van der Waals surface area contributed by atoms with Gasteiger partial charge < -0.3 is 14.4 Å². The summed E-state index contributed by atoms with van der Waals surface area (Å²) in [6.45, 7) is 0.177. The lowest BCUT2D eigenvalue weighted by molar-refractivity contribution is -0.117. The van der Waals surface area contributed by atoms with E-state index in [-0.39, 0.29) is 37.1 Å². The fraction of sp³-hybridized carbons (Fsp3) is 0.394. The van der Waals surface area contributed by atoms with Crippen molar-refractivity contribution in [2.45, 2.75) is 64.2 Å². The van der Waals surface area contributed by atoms with Crippen LogP contribution in [0.2, 0.25) is 0 Å². The lowest BCUT2D eigenvalue weighted by Crippen LogP contribution is -2.45. The summed E-state index contributed by atoms with van der Waals surface area (Å²) < 4.78 is 56.7. The minimum atomic E-state index is -4.31. The van der Waals surface area contributed by atoms with Crippen LogP contribution in [-0.2, 0) is 45.8 Å². The molecule has 3 aliphatic rings. The van der Waals surface area contributed by atoms with Gasteiger partial charge in [-0.2, -0.15) is 8.42 Å². The molecule has 9 nitrogen and oxygen atoms in total. The maximum Gasteiger partial charge on any atom is 0.410 e. The second-order valence-electron chi connectivity index (χ2n) is 11.7. The molecule has 3 aromatic rings. The lowest BCUT2D eigenvalue weighted by Gasteiger charge is -2.37. The van der Waals surface area contributed by atoms with Crippen molar-refractivity contribution in [3.63, 3.8) is 0 Å². The Balaban J connectivity index is 1.29. The first kappa shape index (κ1) is 29.9. The summed E-state index contributed by atoms with van der Waals surface area (Å²) in [6, 6.07) is 20.1. The van der Waals surface area contributed by atoms with E-state index in [1.165, 1.54) is 6.42 Å². The number of fused-ring (bicyclic) bond motifs is 1. The van der Waals surface area contributed by atoms with E-state index in [2.05, 4.69) is 0 Å². The van der Waals surface area contributed by atoms with Crippen LogP contribution >= 0.6 is 0 Å². The van der Waals surface area contributed by atoms with Crippen LogP contribution in [0.4, 0.5) is 14.9 Å². The summed E-state index contributed by atoms with van der Waals surface area (Å²) in [5, 5.41) is 0. The van der Waals surface area contributed by atoms with Crippen molar-refractivity contribution in [3.05, 3.63) is 94.8 Å². The molecule has 1 aliphatic heterocycles. The maximum absolute atomic E-state index is 16.6. The molecule has 232 valence electrons. The fourth-order valence-corrected chi connectivity index (χ4v) is 7.29. The van der Waals surface area contributed by atoms with Gasteiger partial charge in [-0.1, -0.05) is 79.9 Å². The fourth-order valence-electron chi connectivity index (χ4n) is 6.13. The quantitative estimate of drug-likeness (QED) is 0.331. The number of ether oxygens (including phenoxy) is 2. The molecule has 0 aromatic heterocycles. The Kier molecular flexibility index (Phi) is 8.74. The van der Waals surface area contributed by atoms with Crippen LogP contribution in [0.15, 0.2) is 66.7 Å². The van der Waals surface area contributed by atoms with Crippen LogP contribution in [0.1, 0.15) is 54.4 Å². The Labute approximate surface area is 257 Å². The molecule has 0 unspecified atom stereocenters.